The number of aliphatic hydroxyl groups excluding tert-OH is 1. The molecule has 7 heteroatoms. The Morgan fingerprint density at radius 3 is 2.86 bits per heavy atom. The minimum Gasteiger partial charge on any atom is -0.391 e. The zero-order chi connectivity index (χ0) is 15.7. The number of nitrogens with two attached hydrogens (primary N) is 1. The van der Waals surface area contributed by atoms with Crippen molar-refractivity contribution in [2.45, 2.75) is 31.4 Å². The first-order valence-electron chi connectivity index (χ1n) is 7.28. The van der Waals surface area contributed by atoms with Gasteiger partial charge in [-0.2, -0.15) is 5.10 Å². The van der Waals surface area contributed by atoms with Crippen LogP contribution in [0.4, 0.5) is 5.82 Å². The number of pyridine rings is 1. The largest absolute Gasteiger partial charge is 0.391 e. The standard InChI is InChI=1S/C15H19N5O2/c1-20-8-10(7-18-20)9-5-11(14(16)17-6-9)15(22)19-12-3-2-4-13(12)21/h5-8,12-13,21H,2-4H2,1H3,(H2,16,17)(H,19,22)/t12-,13+/m0/s1. The van der Waals surface area contributed by atoms with Gasteiger partial charge in [0.1, 0.15) is 5.82 Å². The molecule has 3 rings (SSSR count). The third-order valence-electron chi connectivity index (χ3n) is 4.00. The molecule has 4 N–H and O–H groups in total. The highest BCUT2D eigenvalue weighted by Crippen LogP contribution is 2.23. The van der Waals surface area contributed by atoms with E-state index in [1.165, 1.54) is 0 Å². The summed E-state index contributed by atoms with van der Waals surface area (Å²) in [5.74, 6) is -0.126. The van der Waals surface area contributed by atoms with Crippen LogP contribution in [0.5, 0.6) is 0 Å². The molecule has 0 bridgehead atoms. The minimum absolute atomic E-state index is 0.178. The van der Waals surface area contributed by atoms with Crippen molar-refractivity contribution in [3.63, 3.8) is 0 Å². The monoisotopic (exact) mass is 301 g/mol. The number of aliphatic hydroxyl groups is 1. The Kier molecular flexibility index (Phi) is 3.81. The van der Waals surface area contributed by atoms with E-state index in [9.17, 15) is 9.90 Å². The molecule has 1 fully saturated rings. The summed E-state index contributed by atoms with van der Waals surface area (Å²) in [4.78, 5) is 16.5. The van der Waals surface area contributed by atoms with Crippen molar-refractivity contribution in [2.24, 2.45) is 7.05 Å². The van der Waals surface area contributed by atoms with Crippen molar-refractivity contribution >= 4 is 11.7 Å². The maximum absolute atomic E-state index is 12.4. The average Bonchev–Trinajstić information content (AvgIpc) is 3.09. The number of amides is 1. The van der Waals surface area contributed by atoms with Gasteiger partial charge in [-0.1, -0.05) is 0 Å². The molecule has 1 aliphatic carbocycles. The van der Waals surface area contributed by atoms with Crippen LogP contribution in [0.1, 0.15) is 29.6 Å². The lowest BCUT2D eigenvalue weighted by atomic mass is 10.1. The molecule has 0 saturated heterocycles. The van der Waals surface area contributed by atoms with Crippen molar-refractivity contribution in [2.75, 3.05) is 5.73 Å². The lowest BCUT2D eigenvalue weighted by molar-refractivity contribution is 0.0874. The number of nitrogens with zero attached hydrogens (tertiary/aromatic N) is 3. The van der Waals surface area contributed by atoms with Crippen LogP contribution in [0.2, 0.25) is 0 Å². The van der Waals surface area contributed by atoms with Gasteiger partial charge in [0.05, 0.1) is 23.9 Å². The summed E-state index contributed by atoms with van der Waals surface area (Å²) >= 11 is 0. The van der Waals surface area contributed by atoms with Crippen molar-refractivity contribution in [3.8, 4) is 11.1 Å². The van der Waals surface area contributed by atoms with Crippen LogP contribution in [0.15, 0.2) is 24.7 Å². The number of aryl methyl sites for hydroxylation is 1. The summed E-state index contributed by atoms with van der Waals surface area (Å²) in [6.45, 7) is 0. The summed E-state index contributed by atoms with van der Waals surface area (Å²) in [5, 5.41) is 16.8. The van der Waals surface area contributed by atoms with E-state index in [4.69, 9.17) is 5.73 Å². The third-order valence-corrected chi connectivity index (χ3v) is 4.00. The van der Waals surface area contributed by atoms with E-state index < -0.39 is 6.10 Å². The number of hydrogen-bond acceptors (Lipinski definition) is 5. The van der Waals surface area contributed by atoms with Crippen LogP contribution in [0.25, 0.3) is 11.1 Å². The lowest BCUT2D eigenvalue weighted by Crippen LogP contribution is -2.40. The normalized spacial score (nSPS) is 21.0. The number of hydrogen-bond donors (Lipinski definition) is 3. The predicted octanol–water partition coefficient (Wildman–Crippen LogP) is 0.707. The maximum atomic E-state index is 12.4. The van der Waals surface area contributed by atoms with Crippen molar-refractivity contribution in [1.29, 1.82) is 0 Å². The molecular formula is C15H19N5O2. The molecule has 2 aromatic rings. The Morgan fingerprint density at radius 2 is 2.23 bits per heavy atom. The van der Waals surface area contributed by atoms with Gasteiger partial charge in [0, 0.05) is 30.6 Å². The summed E-state index contributed by atoms with van der Waals surface area (Å²) in [5.41, 5.74) is 7.79. The van der Waals surface area contributed by atoms with Crippen LogP contribution in [-0.4, -0.2) is 37.9 Å². The molecule has 0 unspecified atom stereocenters. The van der Waals surface area contributed by atoms with E-state index in [0.717, 1.165) is 24.0 Å². The molecule has 0 spiro atoms. The predicted molar refractivity (Wildman–Crippen MR) is 82.0 cm³/mol. The highest BCUT2D eigenvalue weighted by Gasteiger charge is 2.27. The first-order valence-corrected chi connectivity index (χ1v) is 7.28. The van der Waals surface area contributed by atoms with E-state index in [1.807, 2.05) is 13.2 Å². The second-order valence-electron chi connectivity index (χ2n) is 5.64. The van der Waals surface area contributed by atoms with E-state index in [2.05, 4.69) is 15.4 Å². The Labute approximate surface area is 128 Å². The van der Waals surface area contributed by atoms with E-state index in [-0.39, 0.29) is 17.8 Å². The number of nitrogen functional groups attached to an aromatic ring is 1. The van der Waals surface area contributed by atoms with Gasteiger partial charge in [0.2, 0.25) is 0 Å². The highest BCUT2D eigenvalue weighted by molar-refractivity contribution is 5.99. The van der Waals surface area contributed by atoms with Crippen molar-refractivity contribution in [3.05, 3.63) is 30.2 Å². The molecule has 2 atom stereocenters. The molecular weight excluding hydrogens is 282 g/mol. The molecule has 1 amide bonds. The third kappa shape index (κ3) is 2.80. The molecule has 0 aliphatic heterocycles. The first kappa shape index (κ1) is 14.5. The molecule has 1 saturated carbocycles. The second kappa shape index (κ2) is 5.76. The van der Waals surface area contributed by atoms with Crippen LogP contribution in [0.3, 0.4) is 0 Å². The molecule has 1 aliphatic rings. The topological polar surface area (TPSA) is 106 Å². The fourth-order valence-corrected chi connectivity index (χ4v) is 2.74. The molecule has 116 valence electrons. The highest BCUT2D eigenvalue weighted by atomic mass is 16.3. The minimum atomic E-state index is -0.486. The Morgan fingerprint density at radius 1 is 1.41 bits per heavy atom. The number of nitrogens with one attached hydrogen (secondary N) is 1. The first-order chi connectivity index (χ1) is 10.5. The number of rotatable bonds is 3. The van der Waals surface area contributed by atoms with Gasteiger partial charge < -0.3 is 16.2 Å². The van der Waals surface area contributed by atoms with E-state index in [0.29, 0.717) is 12.0 Å². The summed E-state index contributed by atoms with van der Waals surface area (Å²) in [6, 6.07) is 1.49. The number of carbonyl (C=O) groups excluding carboxylic acids is 1. The SMILES string of the molecule is Cn1cc(-c2cnc(N)c(C(=O)N[C@H]3CCC[C@H]3O)c2)cn1. The fraction of sp³-hybridized carbons (Fsp3) is 0.400. The summed E-state index contributed by atoms with van der Waals surface area (Å²) in [6.07, 6.45) is 7.09. The summed E-state index contributed by atoms with van der Waals surface area (Å²) < 4.78 is 1.68. The number of carbonyl (C=O) groups is 1. The summed E-state index contributed by atoms with van der Waals surface area (Å²) in [7, 11) is 1.82. The zero-order valence-electron chi connectivity index (χ0n) is 12.4. The van der Waals surface area contributed by atoms with Crippen LogP contribution < -0.4 is 11.1 Å². The molecule has 22 heavy (non-hydrogen) atoms. The van der Waals surface area contributed by atoms with E-state index in [1.54, 1.807) is 23.1 Å². The zero-order valence-corrected chi connectivity index (χ0v) is 12.4. The van der Waals surface area contributed by atoms with Gasteiger partial charge in [-0.05, 0) is 25.3 Å². The number of aromatic nitrogens is 3. The van der Waals surface area contributed by atoms with Crippen LogP contribution in [-0.2, 0) is 7.05 Å². The molecule has 0 aromatic carbocycles. The van der Waals surface area contributed by atoms with E-state index >= 15 is 0 Å². The Balaban J connectivity index is 1.84. The van der Waals surface area contributed by atoms with Gasteiger partial charge in [-0.25, -0.2) is 4.98 Å². The van der Waals surface area contributed by atoms with Gasteiger partial charge in [-0.15, -0.1) is 0 Å². The molecule has 2 heterocycles. The Hall–Kier alpha value is -2.41. The quantitative estimate of drug-likeness (QED) is 0.774. The van der Waals surface area contributed by atoms with Crippen molar-refractivity contribution in [1.82, 2.24) is 20.1 Å². The van der Waals surface area contributed by atoms with Gasteiger partial charge in [0.25, 0.3) is 5.91 Å². The Bertz CT molecular complexity index is 697. The van der Waals surface area contributed by atoms with Gasteiger partial charge in [-0.3, -0.25) is 9.48 Å². The fourth-order valence-electron chi connectivity index (χ4n) is 2.74. The van der Waals surface area contributed by atoms with Gasteiger partial charge in [0.15, 0.2) is 0 Å². The van der Waals surface area contributed by atoms with Gasteiger partial charge >= 0.3 is 0 Å². The molecule has 0 radical (unpaired) electrons. The smallest absolute Gasteiger partial charge is 0.255 e. The van der Waals surface area contributed by atoms with Crippen molar-refractivity contribution < 1.29 is 9.90 Å². The number of anilines is 1. The lowest BCUT2D eigenvalue weighted by Gasteiger charge is -2.17. The molecule has 2 aromatic heterocycles. The maximum Gasteiger partial charge on any atom is 0.255 e. The molecule has 7 nitrogen and oxygen atoms in total. The van der Waals surface area contributed by atoms with Crippen LogP contribution in [0, 0.1) is 0 Å². The second-order valence-corrected chi connectivity index (χ2v) is 5.64. The average molecular weight is 301 g/mol. The van der Waals surface area contributed by atoms with Crippen LogP contribution >= 0.6 is 0 Å².